The summed E-state index contributed by atoms with van der Waals surface area (Å²) in [6, 6.07) is 23.8. The average Bonchev–Trinajstić information content (AvgIpc) is 2.68. The first kappa shape index (κ1) is 16.8. The van der Waals surface area contributed by atoms with Crippen molar-refractivity contribution in [1.82, 2.24) is 5.01 Å². The van der Waals surface area contributed by atoms with Crippen LogP contribution >= 0.6 is 0 Å². The van der Waals surface area contributed by atoms with Crippen molar-refractivity contribution >= 4 is 17.0 Å². The fraction of sp³-hybridized carbons (Fsp3) is 0.261. The Hall–Kier alpha value is -2.65. The minimum atomic E-state index is 1.02. The molecule has 3 heteroatoms. The van der Waals surface area contributed by atoms with Crippen molar-refractivity contribution < 1.29 is 4.90 Å². The number of hydrazone groups is 1. The van der Waals surface area contributed by atoms with Crippen molar-refractivity contribution in [2.24, 2.45) is 5.10 Å². The first-order chi connectivity index (χ1) is 12.8. The topological polar surface area (TPSA) is 20.0 Å². The molecule has 0 bridgehead atoms. The molecule has 0 spiro atoms. The van der Waals surface area contributed by atoms with Crippen molar-refractivity contribution in [3.05, 3.63) is 83.4 Å². The van der Waals surface area contributed by atoms with Gasteiger partial charge >= 0.3 is 0 Å². The molecule has 1 heterocycles. The molecule has 4 rings (SSSR count). The third-order valence-electron chi connectivity index (χ3n) is 5.18. The summed E-state index contributed by atoms with van der Waals surface area (Å²) in [5, 5.41) is 9.61. The molecule has 0 saturated carbocycles. The van der Waals surface area contributed by atoms with E-state index in [1.54, 1.807) is 4.90 Å². The largest absolute Gasteiger partial charge is 0.328 e. The molecule has 0 unspecified atom stereocenters. The van der Waals surface area contributed by atoms with Gasteiger partial charge in [0.1, 0.15) is 6.54 Å². The lowest BCUT2D eigenvalue weighted by Crippen LogP contribution is -3.13. The number of fused-ring (bicyclic) bond motifs is 1. The molecule has 1 N–H and O–H groups in total. The predicted octanol–water partition coefficient (Wildman–Crippen LogP) is 2.88. The number of nitrogens with zero attached hydrogens (tertiary/aromatic N) is 2. The van der Waals surface area contributed by atoms with Gasteiger partial charge < -0.3 is 4.90 Å². The van der Waals surface area contributed by atoms with Gasteiger partial charge in [-0.1, -0.05) is 72.3 Å². The smallest absolute Gasteiger partial charge is 0.104 e. The molecule has 1 fully saturated rings. The molecule has 1 saturated heterocycles. The molecular weight excluding hydrogens is 318 g/mol. The van der Waals surface area contributed by atoms with Gasteiger partial charge in [-0.2, -0.15) is 5.10 Å². The van der Waals surface area contributed by atoms with Gasteiger partial charge in [-0.3, -0.25) is 5.01 Å². The van der Waals surface area contributed by atoms with Crippen LogP contribution in [0.1, 0.15) is 16.7 Å². The number of quaternary nitrogens is 1. The average molecular weight is 344 g/mol. The van der Waals surface area contributed by atoms with Crippen molar-refractivity contribution in [2.45, 2.75) is 13.5 Å². The van der Waals surface area contributed by atoms with E-state index in [1.165, 1.54) is 27.5 Å². The van der Waals surface area contributed by atoms with Gasteiger partial charge in [-0.25, -0.2) is 0 Å². The monoisotopic (exact) mass is 344 g/mol. The number of hydrogen-bond acceptors (Lipinski definition) is 2. The van der Waals surface area contributed by atoms with Crippen LogP contribution in [0.15, 0.2) is 71.8 Å². The van der Waals surface area contributed by atoms with Gasteiger partial charge in [0.2, 0.25) is 0 Å². The highest BCUT2D eigenvalue weighted by Crippen LogP contribution is 2.17. The Bertz CT molecular complexity index is 903. The lowest BCUT2D eigenvalue weighted by atomic mass is 10.0. The van der Waals surface area contributed by atoms with Crippen LogP contribution in [-0.2, 0) is 6.54 Å². The quantitative estimate of drug-likeness (QED) is 0.722. The lowest BCUT2D eigenvalue weighted by Gasteiger charge is -2.30. The predicted molar refractivity (Wildman–Crippen MR) is 109 cm³/mol. The lowest BCUT2D eigenvalue weighted by molar-refractivity contribution is -0.918. The molecule has 0 radical (unpaired) electrons. The summed E-state index contributed by atoms with van der Waals surface area (Å²) in [4.78, 5) is 1.64. The molecule has 0 atom stereocenters. The molecule has 1 aliphatic heterocycles. The second kappa shape index (κ2) is 7.71. The van der Waals surface area contributed by atoms with Crippen LogP contribution in [0.3, 0.4) is 0 Å². The van der Waals surface area contributed by atoms with E-state index in [9.17, 15) is 0 Å². The number of benzene rings is 3. The van der Waals surface area contributed by atoms with E-state index in [2.05, 4.69) is 83.8 Å². The normalized spacial score (nSPS) is 15.8. The molecule has 132 valence electrons. The van der Waals surface area contributed by atoms with Crippen molar-refractivity contribution in [2.75, 3.05) is 26.2 Å². The Labute approximate surface area is 155 Å². The first-order valence-corrected chi connectivity index (χ1v) is 9.44. The Balaban J connectivity index is 1.36. The summed E-state index contributed by atoms with van der Waals surface area (Å²) in [7, 11) is 0. The SMILES string of the molecule is Cc1cccc(/C=N\N2CC[NH+](Cc3cccc4ccccc34)CC2)c1. The van der Waals surface area contributed by atoms with E-state index >= 15 is 0 Å². The van der Waals surface area contributed by atoms with Crippen LogP contribution < -0.4 is 4.90 Å². The first-order valence-electron chi connectivity index (χ1n) is 9.44. The fourth-order valence-electron chi connectivity index (χ4n) is 3.72. The van der Waals surface area contributed by atoms with Gasteiger partial charge in [0.05, 0.1) is 32.4 Å². The van der Waals surface area contributed by atoms with Gasteiger partial charge in [0.25, 0.3) is 0 Å². The van der Waals surface area contributed by atoms with Gasteiger partial charge in [-0.05, 0) is 23.3 Å². The zero-order chi connectivity index (χ0) is 17.8. The number of aryl methyl sites for hydroxylation is 1. The maximum Gasteiger partial charge on any atom is 0.104 e. The molecule has 3 aromatic carbocycles. The molecule has 0 aromatic heterocycles. The molecule has 3 aromatic rings. The zero-order valence-corrected chi connectivity index (χ0v) is 15.4. The van der Waals surface area contributed by atoms with E-state index in [1.807, 2.05) is 6.21 Å². The summed E-state index contributed by atoms with van der Waals surface area (Å²) < 4.78 is 0. The molecular formula is C23H26N3+. The molecule has 26 heavy (non-hydrogen) atoms. The van der Waals surface area contributed by atoms with E-state index in [4.69, 9.17) is 0 Å². The number of hydrogen-bond donors (Lipinski definition) is 1. The Morgan fingerprint density at radius 2 is 1.73 bits per heavy atom. The number of piperazine rings is 1. The number of nitrogens with one attached hydrogen (secondary N) is 1. The maximum absolute atomic E-state index is 4.68. The van der Waals surface area contributed by atoms with E-state index in [0.717, 1.165) is 32.7 Å². The van der Waals surface area contributed by atoms with E-state index in [0.29, 0.717) is 0 Å². The highest BCUT2D eigenvalue weighted by Gasteiger charge is 2.19. The highest BCUT2D eigenvalue weighted by atomic mass is 15.5. The summed E-state index contributed by atoms with van der Waals surface area (Å²) in [5.74, 6) is 0. The summed E-state index contributed by atoms with van der Waals surface area (Å²) in [5.41, 5.74) is 3.91. The van der Waals surface area contributed by atoms with Gasteiger partial charge in [0.15, 0.2) is 0 Å². The zero-order valence-electron chi connectivity index (χ0n) is 15.4. The minimum absolute atomic E-state index is 1.02. The number of rotatable bonds is 4. The Morgan fingerprint density at radius 1 is 0.962 bits per heavy atom. The van der Waals surface area contributed by atoms with Crippen LogP contribution in [-0.4, -0.2) is 37.4 Å². The fourth-order valence-corrected chi connectivity index (χ4v) is 3.72. The molecule has 1 aliphatic rings. The van der Waals surface area contributed by atoms with Crippen molar-refractivity contribution in [3.8, 4) is 0 Å². The summed E-state index contributed by atoms with van der Waals surface area (Å²) in [6.45, 7) is 7.51. The van der Waals surface area contributed by atoms with E-state index < -0.39 is 0 Å². The summed E-state index contributed by atoms with van der Waals surface area (Å²) in [6.07, 6.45) is 1.99. The third-order valence-corrected chi connectivity index (χ3v) is 5.18. The standard InChI is InChI=1S/C23H25N3/c1-19-6-4-7-20(16-19)17-24-26-14-12-25(13-15-26)18-22-10-5-9-21-8-2-3-11-23(21)22/h2-11,16-17H,12-15,18H2,1H3/p+1/b24-17-. The Morgan fingerprint density at radius 3 is 2.58 bits per heavy atom. The molecule has 3 nitrogen and oxygen atoms in total. The van der Waals surface area contributed by atoms with Crippen LogP contribution in [0.5, 0.6) is 0 Å². The van der Waals surface area contributed by atoms with Crippen LogP contribution in [0.25, 0.3) is 10.8 Å². The minimum Gasteiger partial charge on any atom is -0.328 e. The van der Waals surface area contributed by atoms with Crippen LogP contribution in [0, 0.1) is 6.92 Å². The van der Waals surface area contributed by atoms with Crippen LogP contribution in [0.2, 0.25) is 0 Å². The second-order valence-electron chi connectivity index (χ2n) is 7.18. The molecule has 0 aliphatic carbocycles. The van der Waals surface area contributed by atoms with Gasteiger partial charge in [-0.15, -0.1) is 0 Å². The third kappa shape index (κ3) is 3.94. The van der Waals surface area contributed by atoms with Crippen molar-refractivity contribution in [3.63, 3.8) is 0 Å². The second-order valence-corrected chi connectivity index (χ2v) is 7.18. The van der Waals surface area contributed by atoms with Gasteiger partial charge in [0, 0.05) is 5.56 Å². The van der Waals surface area contributed by atoms with Crippen LogP contribution in [0.4, 0.5) is 0 Å². The summed E-state index contributed by atoms with van der Waals surface area (Å²) >= 11 is 0. The highest BCUT2D eigenvalue weighted by molar-refractivity contribution is 5.85. The maximum atomic E-state index is 4.68. The molecule has 0 amide bonds. The van der Waals surface area contributed by atoms with Crippen molar-refractivity contribution in [1.29, 1.82) is 0 Å². The Kier molecular flexibility index (Phi) is 4.98. The van der Waals surface area contributed by atoms with E-state index in [-0.39, 0.29) is 0 Å².